The van der Waals surface area contributed by atoms with Crippen molar-refractivity contribution in [3.8, 4) is 0 Å². The Morgan fingerprint density at radius 2 is 1.74 bits per heavy atom. The van der Waals surface area contributed by atoms with E-state index in [0.29, 0.717) is 6.20 Å². The maximum atomic E-state index is 14.9. The van der Waals surface area contributed by atoms with E-state index in [4.69, 9.17) is 4.74 Å². The Kier molecular flexibility index (Phi) is 7.63. The summed E-state index contributed by atoms with van der Waals surface area (Å²) >= 11 is 0. The highest BCUT2D eigenvalue weighted by Crippen LogP contribution is 2.32. The van der Waals surface area contributed by atoms with Crippen LogP contribution in [0.2, 0.25) is 0 Å². The smallest absolute Gasteiger partial charge is 0.417 e. The van der Waals surface area contributed by atoms with Crippen molar-refractivity contribution in [2.75, 3.05) is 13.1 Å². The van der Waals surface area contributed by atoms with Crippen molar-refractivity contribution in [2.45, 2.75) is 71.3 Å². The molecule has 0 atom stereocenters. The van der Waals surface area contributed by atoms with Gasteiger partial charge in [0.1, 0.15) is 11.3 Å². The molecule has 4 nitrogen and oxygen atoms in total. The van der Waals surface area contributed by atoms with Crippen molar-refractivity contribution >= 4 is 6.09 Å². The molecule has 27 heavy (non-hydrogen) atoms. The summed E-state index contributed by atoms with van der Waals surface area (Å²) in [4.78, 5) is 17.1. The summed E-state index contributed by atoms with van der Waals surface area (Å²) in [5, 5.41) is 0. The van der Waals surface area contributed by atoms with Crippen LogP contribution < -0.4 is 0 Å². The minimum atomic E-state index is -4.46. The fourth-order valence-corrected chi connectivity index (χ4v) is 2.61. The Balaban J connectivity index is 0.00000176. The number of amides is 1. The number of halogens is 4. The van der Waals surface area contributed by atoms with E-state index in [9.17, 15) is 22.4 Å². The summed E-state index contributed by atoms with van der Waals surface area (Å²) in [6.45, 7) is 9.66. The number of carbonyl (C=O) groups excluding carboxylic acids is 1. The normalized spacial score (nSPS) is 17.0. The fraction of sp³-hybridized carbons (Fsp3) is 0.684. The largest absolute Gasteiger partial charge is 0.444 e. The molecule has 1 aromatic heterocycles. The van der Waals surface area contributed by atoms with E-state index in [1.54, 1.807) is 20.8 Å². The van der Waals surface area contributed by atoms with E-state index in [2.05, 4.69) is 4.98 Å². The zero-order valence-corrected chi connectivity index (χ0v) is 16.5. The molecule has 1 aliphatic heterocycles. The van der Waals surface area contributed by atoms with Crippen molar-refractivity contribution < 1.29 is 27.1 Å². The van der Waals surface area contributed by atoms with Gasteiger partial charge in [-0.1, -0.05) is 13.8 Å². The molecule has 0 aliphatic carbocycles. The van der Waals surface area contributed by atoms with Crippen LogP contribution in [0.3, 0.4) is 0 Å². The molecule has 0 aromatic carbocycles. The number of hydrogen-bond acceptors (Lipinski definition) is 3. The van der Waals surface area contributed by atoms with Gasteiger partial charge in [-0.3, -0.25) is 4.98 Å². The first-order valence-electron chi connectivity index (χ1n) is 9.07. The lowest BCUT2D eigenvalue weighted by Gasteiger charge is -2.37. The van der Waals surface area contributed by atoms with Crippen LogP contribution in [-0.2, 0) is 17.3 Å². The predicted molar refractivity (Wildman–Crippen MR) is 95.2 cm³/mol. The molecule has 0 saturated carbocycles. The van der Waals surface area contributed by atoms with Crippen LogP contribution in [0.1, 0.15) is 58.7 Å². The van der Waals surface area contributed by atoms with Gasteiger partial charge in [-0.25, -0.2) is 9.18 Å². The van der Waals surface area contributed by atoms with Crippen LogP contribution in [0.4, 0.5) is 22.4 Å². The van der Waals surface area contributed by atoms with Crippen molar-refractivity contribution in [1.82, 2.24) is 9.88 Å². The van der Waals surface area contributed by atoms with E-state index in [1.807, 2.05) is 13.8 Å². The van der Waals surface area contributed by atoms with E-state index in [1.165, 1.54) is 11.0 Å². The minimum Gasteiger partial charge on any atom is -0.444 e. The molecule has 2 rings (SSSR count). The van der Waals surface area contributed by atoms with Crippen molar-refractivity contribution in [1.29, 1.82) is 0 Å². The van der Waals surface area contributed by atoms with Gasteiger partial charge >= 0.3 is 12.3 Å². The van der Waals surface area contributed by atoms with Gasteiger partial charge in [0.2, 0.25) is 0 Å². The number of piperidine rings is 1. The molecule has 0 bridgehead atoms. The van der Waals surface area contributed by atoms with Crippen LogP contribution in [-0.4, -0.2) is 40.3 Å². The maximum absolute atomic E-state index is 14.9. The van der Waals surface area contributed by atoms with Crippen molar-refractivity contribution in [2.24, 2.45) is 0 Å². The van der Waals surface area contributed by atoms with Crippen LogP contribution >= 0.6 is 0 Å². The lowest BCUT2D eigenvalue weighted by Crippen LogP contribution is -2.47. The number of nitrogens with zero attached hydrogens (tertiary/aromatic N) is 2. The first kappa shape index (κ1) is 23.2. The number of hydrogen-bond donors (Lipinski definition) is 0. The molecule has 2 heterocycles. The average Bonchev–Trinajstić information content (AvgIpc) is 2.55. The van der Waals surface area contributed by atoms with E-state index in [-0.39, 0.29) is 38.0 Å². The predicted octanol–water partition coefficient (Wildman–Crippen LogP) is 5.41. The third-order valence-electron chi connectivity index (χ3n) is 3.96. The van der Waals surface area contributed by atoms with Crippen LogP contribution in [0, 0.1) is 0 Å². The van der Waals surface area contributed by atoms with Crippen LogP contribution in [0.15, 0.2) is 18.3 Å². The lowest BCUT2D eigenvalue weighted by molar-refractivity contribution is -0.137. The van der Waals surface area contributed by atoms with E-state index in [0.717, 1.165) is 6.07 Å². The quantitative estimate of drug-likeness (QED) is 0.632. The Morgan fingerprint density at radius 3 is 2.15 bits per heavy atom. The first-order chi connectivity index (χ1) is 12.4. The second-order valence-corrected chi connectivity index (χ2v) is 7.33. The molecule has 0 unspecified atom stereocenters. The number of alkyl halides is 4. The molecule has 1 aromatic rings. The Morgan fingerprint density at radius 1 is 1.19 bits per heavy atom. The minimum absolute atomic E-state index is 0.0761. The summed E-state index contributed by atoms with van der Waals surface area (Å²) in [6, 6.07) is 2.10. The summed E-state index contributed by atoms with van der Waals surface area (Å²) in [5.41, 5.74) is -2.80. The number of ether oxygens (including phenoxy) is 1. The second kappa shape index (κ2) is 8.89. The molecule has 0 spiro atoms. The third kappa shape index (κ3) is 7.34. The van der Waals surface area contributed by atoms with Gasteiger partial charge in [-0.2, -0.15) is 13.2 Å². The average molecular weight is 392 g/mol. The fourth-order valence-electron chi connectivity index (χ4n) is 2.61. The second-order valence-electron chi connectivity index (χ2n) is 7.33. The highest BCUT2D eigenvalue weighted by Gasteiger charge is 2.38. The lowest BCUT2D eigenvalue weighted by atomic mass is 9.88. The van der Waals surface area contributed by atoms with E-state index >= 15 is 0 Å². The molecule has 154 valence electrons. The Hall–Kier alpha value is -1.86. The molecule has 1 saturated heterocycles. The maximum Gasteiger partial charge on any atom is 0.417 e. The first-order valence-corrected chi connectivity index (χ1v) is 9.07. The highest BCUT2D eigenvalue weighted by atomic mass is 19.4. The van der Waals surface area contributed by atoms with Gasteiger partial charge in [0, 0.05) is 31.4 Å². The summed E-state index contributed by atoms with van der Waals surface area (Å²) in [6.07, 6.45) is -4.12. The number of carbonyl (C=O) groups is 1. The molecular formula is C19H28F4N2O2. The molecule has 1 fully saturated rings. The van der Waals surface area contributed by atoms with Gasteiger partial charge in [0.25, 0.3) is 0 Å². The SMILES string of the molecule is CC.CC(C)(C)OC(=O)N1CCC(F)(Cc2ccc(C(F)(F)F)cn2)CC1. The topological polar surface area (TPSA) is 42.4 Å². The number of likely N-dealkylation sites (tertiary alicyclic amines) is 1. The van der Waals surface area contributed by atoms with Gasteiger partial charge in [-0.15, -0.1) is 0 Å². The molecule has 1 amide bonds. The number of pyridine rings is 1. The summed E-state index contributed by atoms with van der Waals surface area (Å²) in [7, 11) is 0. The molecule has 1 aliphatic rings. The molecule has 8 heteroatoms. The van der Waals surface area contributed by atoms with Gasteiger partial charge < -0.3 is 9.64 Å². The molecule has 0 radical (unpaired) electrons. The zero-order valence-electron chi connectivity index (χ0n) is 16.5. The van der Waals surface area contributed by atoms with Crippen LogP contribution in [0.25, 0.3) is 0 Å². The molecule has 0 N–H and O–H groups in total. The van der Waals surface area contributed by atoms with E-state index < -0.39 is 29.1 Å². The monoisotopic (exact) mass is 392 g/mol. The standard InChI is InChI=1S/C17H22F4N2O2.C2H6/c1-15(2,3)25-14(24)23-8-6-16(18,7-9-23)10-13-5-4-12(11-22-13)17(19,20)21;1-2/h4-5,11H,6-10H2,1-3H3;1-2H3. The highest BCUT2D eigenvalue weighted by molar-refractivity contribution is 5.68. The number of rotatable bonds is 2. The summed E-state index contributed by atoms with van der Waals surface area (Å²) in [5.74, 6) is 0. The van der Waals surface area contributed by atoms with Crippen molar-refractivity contribution in [3.63, 3.8) is 0 Å². The van der Waals surface area contributed by atoms with Crippen LogP contribution in [0.5, 0.6) is 0 Å². The third-order valence-corrected chi connectivity index (χ3v) is 3.96. The van der Waals surface area contributed by atoms with Gasteiger partial charge in [-0.05, 0) is 45.7 Å². The zero-order chi connectivity index (χ0) is 20.9. The Labute approximate surface area is 157 Å². The molecular weight excluding hydrogens is 364 g/mol. The van der Waals surface area contributed by atoms with Gasteiger partial charge in [0.15, 0.2) is 0 Å². The summed E-state index contributed by atoms with van der Waals surface area (Å²) < 4.78 is 57.8. The van der Waals surface area contributed by atoms with Crippen molar-refractivity contribution in [3.05, 3.63) is 29.6 Å². The Bertz CT molecular complexity index is 602. The van der Waals surface area contributed by atoms with Gasteiger partial charge in [0.05, 0.1) is 5.56 Å². The number of aromatic nitrogens is 1.